The largest absolute Gasteiger partial charge is 0.342 e. The number of benzene rings is 1. The summed E-state index contributed by atoms with van der Waals surface area (Å²) in [6.07, 6.45) is 1.50. The number of carbonyl (C=O) groups excluding carboxylic acids is 1. The van der Waals surface area contributed by atoms with Crippen molar-refractivity contribution in [1.29, 1.82) is 0 Å². The molecule has 3 nitrogen and oxygen atoms in total. The number of halogens is 1. The molecule has 1 saturated heterocycles. The van der Waals surface area contributed by atoms with Crippen molar-refractivity contribution in [2.24, 2.45) is 5.92 Å². The van der Waals surface area contributed by atoms with Gasteiger partial charge < -0.3 is 10.2 Å². The fourth-order valence-electron chi connectivity index (χ4n) is 2.43. The van der Waals surface area contributed by atoms with Gasteiger partial charge in [0.05, 0.1) is 6.42 Å². The van der Waals surface area contributed by atoms with Crippen molar-refractivity contribution in [2.75, 3.05) is 26.7 Å². The molecule has 0 bridgehead atoms. The Balaban J connectivity index is 1.91. The average molecular weight is 267 g/mol. The zero-order valence-electron chi connectivity index (χ0n) is 10.7. The predicted molar refractivity (Wildman–Crippen MR) is 73.8 cm³/mol. The van der Waals surface area contributed by atoms with Crippen molar-refractivity contribution in [2.45, 2.75) is 12.8 Å². The first-order valence-electron chi connectivity index (χ1n) is 6.36. The van der Waals surface area contributed by atoms with Crippen LogP contribution in [0.2, 0.25) is 5.02 Å². The van der Waals surface area contributed by atoms with Crippen LogP contribution in [0.5, 0.6) is 0 Å². The summed E-state index contributed by atoms with van der Waals surface area (Å²) in [5.74, 6) is 0.770. The Bertz CT molecular complexity index is 422. The maximum Gasteiger partial charge on any atom is 0.227 e. The highest BCUT2D eigenvalue weighted by Crippen LogP contribution is 2.19. The molecule has 0 unspecified atom stereocenters. The van der Waals surface area contributed by atoms with E-state index in [1.54, 1.807) is 0 Å². The molecule has 1 aromatic rings. The lowest BCUT2D eigenvalue weighted by atomic mass is 10.1. The molecule has 2 rings (SSSR count). The zero-order chi connectivity index (χ0) is 13.0. The number of nitrogens with zero attached hydrogens (tertiary/aromatic N) is 1. The molecule has 1 fully saturated rings. The van der Waals surface area contributed by atoms with Crippen LogP contribution in [0.15, 0.2) is 24.3 Å². The minimum atomic E-state index is 0.182. The van der Waals surface area contributed by atoms with Crippen LogP contribution in [-0.2, 0) is 11.2 Å². The molecule has 0 aliphatic carbocycles. The molecule has 0 saturated carbocycles. The second-order valence-electron chi connectivity index (χ2n) is 4.82. The standard InChI is InChI=1S/C14H19ClN2O/c1-16-9-11-6-7-17(10-11)14(18)8-12-4-2-3-5-13(12)15/h2-5,11,16H,6-10H2,1H3/t11-/m1/s1. The number of likely N-dealkylation sites (tertiary alicyclic amines) is 1. The van der Waals surface area contributed by atoms with E-state index in [9.17, 15) is 4.79 Å². The number of amides is 1. The maximum atomic E-state index is 12.2. The van der Waals surface area contributed by atoms with Crippen LogP contribution in [0, 0.1) is 5.92 Å². The van der Waals surface area contributed by atoms with Gasteiger partial charge in [-0.25, -0.2) is 0 Å². The molecule has 0 spiro atoms. The topological polar surface area (TPSA) is 32.3 Å². The van der Waals surface area contributed by atoms with Gasteiger partial charge in [0.15, 0.2) is 0 Å². The lowest BCUT2D eigenvalue weighted by Crippen LogP contribution is -2.31. The molecule has 1 heterocycles. The Hall–Kier alpha value is -1.06. The highest BCUT2D eigenvalue weighted by atomic mass is 35.5. The van der Waals surface area contributed by atoms with Crippen LogP contribution in [0.3, 0.4) is 0 Å². The molecule has 1 aromatic carbocycles. The molecule has 1 atom stereocenters. The summed E-state index contributed by atoms with van der Waals surface area (Å²) < 4.78 is 0. The van der Waals surface area contributed by atoms with E-state index in [4.69, 9.17) is 11.6 Å². The molecule has 1 aliphatic heterocycles. The quantitative estimate of drug-likeness (QED) is 0.904. The number of nitrogens with one attached hydrogen (secondary N) is 1. The molecule has 0 radical (unpaired) electrons. The van der Waals surface area contributed by atoms with Gasteiger partial charge in [0.25, 0.3) is 0 Å². The van der Waals surface area contributed by atoms with Gasteiger partial charge in [-0.05, 0) is 37.6 Å². The first kappa shape index (κ1) is 13.4. The molecular formula is C14H19ClN2O. The van der Waals surface area contributed by atoms with Gasteiger partial charge in [-0.3, -0.25) is 4.79 Å². The van der Waals surface area contributed by atoms with Crippen molar-refractivity contribution >= 4 is 17.5 Å². The predicted octanol–water partition coefficient (Wildman–Crippen LogP) is 1.95. The summed E-state index contributed by atoms with van der Waals surface area (Å²) in [7, 11) is 1.95. The van der Waals surface area contributed by atoms with E-state index in [1.165, 1.54) is 0 Å². The normalized spacial score (nSPS) is 19.2. The van der Waals surface area contributed by atoms with Crippen LogP contribution in [0.25, 0.3) is 0 Å². The minimum absolute atomic E-state index is 0.182. The zero-order valence-corrected chi connectivity index (χ0v) is 11.4. The SMILES string of the molecule is CNC[C@H]1CCN(C(=O)Cc2ccccc2Cl)C1. The van der Waals surface area contributed by atoms with Gasteiger partial charge in [0.1, 0.15) is 0 Å². The Morgan fingerprint density at radius 1 is 1.50 bits per heavy atom. The third kappa shape index (κ3) is 3.24. The summed E-state index contributed by atoms with van der Waals surface area (Å²) >= 11 is 6.07. The monoisotopic (exact) mass is 266 g/mol. The molecule has 1 aliphatic rings. The molecule has 98 valence electrons. The van der Waals surface area contributed by atoms with E-state index < -0.39 is 0 Å². The van der Waals surface area contributed by atoms with E-state index in [-0.39, 0.29) is 5.91 Å². The van der Waals surface area contributed by atoms with Crippen LogP contribution in [0.1, 0.15) is 12.0 Å². The minimum Gasteiger partial charge on any atom is -0.342 e. The van der Waals surface area contributed by atoms with Gasteiger partial charge in [-0.2, -0.15) is 0 Å². The summed E-state index contributed by atoms with van der Waals surface area (Å²) in [6, 6.07) is 7.55. The van der Waals surface area contributed by atoms with Crippen molar-refractivity contribution in [3.8, 4) is 0 Å². The third-order valence-electron chi connectivity index (χ3n) is 3.43. The highest BCUT2D eigenvalue weighted by Gasteiger charge is 2.25. The summed E-state index contributed by atoms with van der Waals surface area (Å²) in [5, 5.41) is 3.85. The Kier molecular flexibility index (Phi) is 4.61. The molecule has 18 heavy (non-hydrogen) atoms. The summed E-state index contributed by atoms with van der Waals surface area (Å²) in [4.78, 5) is 14.1. The van der Waals surface area contributed by atoms with E-state index >= 15 is 0 Å². The van der Waals surface area contributed by atoms with Crippen LogP contribution in [-0.4, -0.2) is 37.5 Å². The Morgan fingerprint density at radius 3 is 3.00 bits per heavy atom. The van der Waals surface area contributed by atoms with Gasteiger partial charge in [-0.1, -0.05) is 29.8 Å². The van der Waals surface area contributed by atoms with Crippen LogP contribution < -0.4 is 5.32 Å². The van der Waals surface area contributed by atoms with E-state index in [2.05, 4.69) is 5.32 Å². The first-order valence-corrected chi connectivity index (χ1v) is 6.74. The van der Waals surface area contributed by atoms with Gasteiger partial charge in [0, 0.05) is 18.1 Å². The number of hydrogen-bond acceptors (Lipinski definition) is 2. The molecule has 1 N–H and O–H groups in total. The summed E-state index contributed by atoms with van der Waals surface area (Å²) in [5.41, 5.74) is 0.918. The van der Waals surface area contributed by atoms with E-state index in [0.29, 0.717) is 17.4 Å². The van der Waals surface area contributed by atoms with Crippen LogP contribution >= 0.6 is 11.6 Å². The number of carbonyl (C=O) groups is 1. The fourth-order valence-corrected chi connectivity index (χ4v) is 2.63. The smallest absolute Gasteiger partial charge is 0.227 e. The molecule has 1 amide bonds. The fraction of sp³-hybridized carbons (Fsp3) is 0.500. The number of hydrogen-bond donors (Lipinski definition) is 1. The van der Waals surface area contributed by atoms with Gasteiger partial charge >= 0.3 is 0 Å². The first-order chi connectivity index (χ1) is 8.70. The summed E-state index contributed by atoms with van der Waals surface area (Å²) in [6.45, 7) is 2.72. The lowest BCUT2D eigenvalue weighted by molar-refractivity contribution is -0.129. The van der Waals surface area contributed by atoms with E-state index in [0.717, 1.165) is 31.6 Å². The second-order valence-corrected chi connectivity index (χ2v) is 5.23. The van der Waals surface area contributed by atoms with Crippen molar-refractivity contribution < 1.29 is 4.79 Å². The molecule has 4 heteroatoms. The Labute approximate surface area is 113 Å². The van der Waals surface area contributed by atoms with Crippen LogP contribution in [0.4, 0.5) is 0 Å². The molecular weight excluding hydrogens is 248 g/mol. The van der Waals surface area contributed by atoms with E-state index in [1.807, 2.05) is 36.2 Å². The lowest BCUT2D eigenvalue weighted by Gasteiger charge is -2.17. The van der Waals surface area contributed by atoms with Crippen molar-refractivity contribution in [3.63, 3.8) is 0 Å². The number of rotatable bonds is 4. The van der Waals surface area contributed by atoms with Crippen molar-refractivity contribution in [1.82, 2.24) is 10.2 Å². The average Bonchev–Trinajstić information content (AvgIpc) is 2.81. The second kappa shape index (κ2) is 6.21. The Morgan fingerprint density at radius 2 is 2.28 bits per heavy atom. The van der Waals surface area contributed by atoms with Gasteiger partial charge in [0.2, 0.25) is 5.91 Å². The maximum absolute atomic E-state index is 12.2. The molecule has 0 aromatic heterocycles. The van der Waals surface area contributed by atoms with Crippen molar-refractivity contribution in [3.05, 3.63) is 34.9 Å². The highest BCUT2D eigenvalue weighted by molar-refractivity contribution is 6.31. The third-order valence-corrected chi connectivity index (χ3v) is 3.80. The van der Waals surface area contributed by atoms with Gasteiger partial charge in [-0.15, -0.1) is 0 Å².